The van der Waals surface area contributed by atoms with Crippen LogP contribution in [0.3, 0.4) is 0 Å². The minimum atomic E-state index is -0.0711. The second-order valence-corrected chi connectivity index (χ2v) is 21.4. The Kier molecular flexibility index (Phi) is 14.0. The van der Waals surface area contributed by atoms with Gasteiger partial charge in [0.05, 0.1) is 0 Å². The van der Waals surface area contributed by atoms with Gasteiger partial charge in [0.1, 0.15) is 0 Å². The Morgan fingerprint density at radius 1 is 0.418 bits per heavy atom. The molecule has 0 atom stereocenters. The topological polar surface area (TPSA) is 0 Å². The second kappa shape index (κ2) is 19.1. The van der Waals surface area contributed by atoms with Gasteiger partial charge in [0, 0.05) is 10.8 Å². The molecule has 0 bridgehead atoms. The lowest BCUT2D eigenvalue weighted by atomic mass is 9.71. The van der Waals surface area contributed by atoms with Gasteiger partial charge in [-0.05, 0) is 166 Å². The molecule has 0 saturated heterocycles. The number of allylic oxidation sites excluding steroid dienone is 2. The lowest BCUT2D eigenvalue weighted by Gasteiger charge is -2.31. The highest BCUT2D eigenvalue weighted by molar-refractivity contribution is 6.27. The number of hydrogen-bond acceptors (Lipinski definition) is 0. The summed E-state index contributed by atoms with van der Waals surface area (Å²) in [6.07, 6.45) is 7.37. The molecule has 0 aromatic heterocycles. The molecule has 67 heavy (non-hydrogen) atoms. The Morgan fingerprint density at radius 2 is 0.791 bits per heavy atom. The first-order valence-corrected chi connectivity index (χ1v) is 25.5. The van der Waals surface area contributed by atoms with Gasteiger partial charge < -0.3 is 0 Å². The van der Waals surface area contributed by atoms with Gasteiger partial charge in [0.2, 0.25) is 0 Å². The average molecular weight is 883 g/mol. The molecular formula is C67H78. The van der Waals surface area contributed by atoms with Crippen LogP contribution in [0.15, 0.2) is 146 Å². The van der Waals surface area contributed by atoms with Gasteiger partial charge in [-0.15, -0.1) is 0 Å². The Bertz CT molecular complexity index is 3040. The zero-order valence-electron chi connectivity index (χ0n) is 44.0. The van der Waals surface area contributed by atoms with Crippen LogP contribution in [0.4, 0.5) is 0 Å². The Hall–Kier alpha value is -5.72. The predicted octanol–water partition coefficient (Wildman–Crippen LogP) is 20.5. The molecule has 0 fully saturated rings. The van der Waals surface area contributed by atoms with Crippen LogP contribution >= 0.6 is 0 Å². The summed E-state index contributed by atoms with van der Waals surface area (Å²) >= 11 is 0. The van der Waals surface area contributed by atoms with E-state index in [4.69, 9.17) is 0 Å². The minimum Gasteiger partial charge on any atom is -0.0919 e. The van der Waals surface area contributed by atoms with Crippen LogP contribution < -0.4 is 0 Å². The summed E-state index contributed by atoms with van der Waals surface area (Å²) in [5.74, 6) is 0. The van der Waals surface area contributed by atoms with E-state index in [0.717, 1.165) is 12.8 Å². The molecule has 2 aliphatic carbocycles. The van der Waals surface area contributed by atoms with Crippen LogP contribution in [-0.2, 0) is 21.7 Å². The van der Waals surface area contributed by atoms with Gasteiger partial charge in [0.15, 0.2) is 0 Å². The van der Waals surface area contributed by atoms with E-state index in [0.29, 0.717) is 0 Å². The van der Waals surface area contributed by atoms with Crippen molar-refractivity contribution in [2.45, 2.75) is 152 Å². The standard InChI is InChI=1S/C58H56.C4H8.C3H8.C2H6/c1-11-58(12-2)52-28-23-36(31-47(52)46-25-24-45-43-19-14-13-17-41(43)42-18-15-16-20-44(42)53(45)54(46)58)35-21-26-50-48(32-35)49-33-37(22-27-51(49)57(50,9)10)38-29-39(55(3,4)5)34-40(30-38)56(6,7)8;1-3-4-2;1-3-2;1-2/h13-34H,11-12H2,1-10H3;3-4H,1-2H3;3H2,1-2H3;1-2H3/b;4-3-;;. The number of rotatable bonds is 4. The molecule has 0 unspecified atom stereocenters. The summed E-state index contributed by atoms with van der Waals surface area (Å²) in [6.45, 7) is 35.8. The van der Waals surface area contributed by atoms with Gasteiger partial charge >= 0.3 is 0 Å². The van der Waals surface area contributed by atoms with E-state index in [-0.39, 0.29) is 21.7 Å². The van der Waals surface area contributed by atoms with Crippen molar-refractivity contribution in [3.05, 3.63) is 179 Å². The van der Waals surface area contributed by atoms with Crippen LogP contribution in [-0.4, -0.2) is 0 Å². The van der Waals surface area contributed by atoms with E-state index in [1.54, 1.807) is 0 Å². The molecule has 0 nitrogen and oxygen atoms in total. The summed E-state index contributed by atoms with van der Waals surface area (Å²) in [5.41, 5.74) is 19.3. The summed E-state index contributed by atoms with van der Waals surface area (Å²) < 4.78 is 0. The third-order valence-electron chi connectivity index (χ3n) is 14.8. The number of benzene rings is 8. The molecular weight excluding hydrogens is 805 g/mol. The molecule has 0 heteroatoms. The van der Waals surface area contributed by atoms with Crippen molar-refractivity contribution in [1.82, 2.24) is 0 Å². The van der Waals surface area contributed by atoms with E-state index in [1.807, 2.05) is 39.8 Å². The molecule has 346 valence electrons. The Labute approximate surface area is 405 Å². The Morgan fingerprint density at radius 3 is 1.21 bits per heavy atom. The predicted molar refractivity (Wildman–Crippen MR) is 299 cm³/mol. The zero-order valence-corrected chi connectivity index (χ0v) is 44.0. The molecule has 0 saturated carbocycles. The van der Waals surface area contributed by atoms with Crippen LogP contribution in [0.5, 0.6) is 0 Å². The molecule has 0 radical (unpaired) electrons. The molecule has 0 heterocycles. The van der Waals surface area contributed by atoms with E-state index in [9.17, 15) is 0 Å². The molecule has 8 aromatic rings. The molecule has 10 rings (SSSR count). The van der Waals surface area contributed by atoms with Crippen molar-refractivity contribution >= 4 is 32.3 Å². The zero-order chi connectivity index (χ0) is 48.6. The fourth-order valence-electron chi connectivity index (χ4n) is 11.0. The van der Waals surface area contributed by atoms with Crippen LogP contribution in [0.25, 0.3) is 76.8 Å². The van der Waals surface area contributed by atoms with Gasteiger partial charge in [0.25, 0.3) is 0 Å². The highest BCUT2D eigenvalue weighted by atomic mass is 14.5. The largest absolute Gasteiger partial charge is 0.0919 e. The fraction of sp³-hybridized carbons (Fsp3) is 0.343. The quantitative estimate of drug-likeness (QED) is 0.122. The van der Waals surface area contributed by atoms with Crippen LogP contribution in [0.2, 0.25) is 0 Å². The van der Waals surface area contributed by atoms with Gasteiger partial charge in [-0.2, -0.15) is 0 Å². The molecule has 0 amide bonds. The van der Waals surface area contributed by atoms with Crippen LogP contribution in [0, 0.1) is 0 Å². The van der Waals surface area contributed by atoms with E-state index in [1.165, 1.54) is 117 Å². The summed E-state index contributed by atoms with van der Waals surface area (Å²) in [7, 11) is 0. The monoisotopic (exact) mass is 883 g/mol. The number of fused-ring (bicyclic) bond motifs is 13. The van der Waals surface area contributed by atoms with Crippen molar-refractivity contribution in [3.8, 4) is 44.5 Å². The van der Waals surface area contributed by atoms with Crippen molar-refractivity contribution < 1.29 is 0 Å². The van der Waals surface area contributed by atoms with Gasteiger partial charge in [-0.25, -0.2) is 0 Å². The first kappa shape index (κ1) is 49.2. The number of hydrogen-bond donors (Lipinski definition) is 0. The first-order chi connectivity index (χ1) is 32.0. The first-order valence-electron chi connectivity index (χ1n) is 25.5. The normalized spacial score (nSPS) is 14.0. The fourth-order valence-corrected chi connectivity index (χ4v) is 11.0. The highest BCUT2D eigenvalue weighted by Gasteiger charge is 2.43. The smallest absolute Gasteiger partial charge is 0.0216 e. The lowest BCUT2D eigenvalue weighted by Crippen LogP contribution is -2.23. The maximum atomic E-state index is 2.52. The highest BCUT2D eigenvalue weighted by Crippen LogP contribution is 2.58. The van der Waals surface area contributed by atoms with Crippen molar-refractivity contribution in [2.75, 3.05) is 0 Å². The van der Waals surface area contributed by atoms with Crippen LogP contribution in [0.1, 0.15) is 163 Å². The minimum absolute atomic E-state index is 0.0532. The van der Waals surface area contributed by atoms with Gasteiger partial charge in [-0.3, -0.25) is 0 Å². The lowest BCUT2D eigenvalue weighted by molar-refractivity contribution is 0.494. The van der Waals surface area contributed by atoms with Crippen molar-refractivity contribution in [3.63, 3.8) is 0 Å². The van der Waals surface area contributed by atoms with Crippen molar-refractivity contribution in [2.24, 2.45) is 0 Å². The third-order valence-corrected chi connectivity index (χ3v) is 14.8. The molecule has 2 aliphatic rings. The molecule has 0 aliphatic heterocycles. The van der Waals surface area contributed by atoms with E-state index in [2.05, 4.69) is 217 Å². The maximum Gasteiger partial charge on any atom is 0.0216 e. The molecule has 8 aromatic carbocycles. The second-order valence-electron chi connectivity index (χ2n) is 21.4. The van der Waals surface area contributed by atoms with Gasteiger partial charge in [-0.1, -0.05) is 231 Å². The Balaban J connectivity index is 0.000000688. The van der Waals surface area contributed by atoms with Crippen molar-refractivity contribution in [1.29, 1.82) is 0 Å². The summed E-state index contributed by atoms with van der Waals surface area (Å²) in [6, 6.07) is 52.1. The summed E-state index contributed by atoms with van der Waals surface area (Å²) in [4.78, 5) is 0. The van der Waals surface area contributed by atoms with E-state index >= 15 is 0 Å². The molecule has 0 spiro atoms. The average Bonchev–Trinajstić information content (AvgIpc) is 3.75. The van der Waals surface area contributed by atoms with E-state index < -0.39 is 0 Å². The third kappa shape index (κ3) is 8.49. The SMILES string of the molecule is C/C=C\C.CC.CCC.CCC1(CC)c2ccc(-c3ccc4c(c3)-c3cc(-c5cc(C(C)(C)C)cc(C(C)(C)C)c5)ccc3C4(C)C)cc2-c2ccc3c4ccccc4c4ccccc4c3c21. The molecule has 0 N–H and O–H groups in total. The summed E-state index contributed by atoms with van der Waals surface area (Å²) in [5, 5.41) is 8.19. The maximum absolute atomic E-state index is 2.52.